The molecule has 1 fully saturated rings. The van der Waals surface area contributed by atoms with Crippen molar-refractivity contribution in [1.82, 2.24) is 4.90 Å². The van der Waals surface area contributed by atoms with Crippen molar-refractivity contribution in [2.24, 2.45) is 5.92 Å². The van der Waals surface area contributed by atoms with Crippen molar-refractivity contribution in [1.29, 1.82) is 0 Å². The van der Waals surface area contributed by atoms with Gasteiger partial charge in [0, 0.05) is 18.5 Å². The molecular formula is C16H23F2N. The molecular weight excluding hydrogens is 244 g/mol. The van der Waals surface area contributed by atoms with E-state index in [2.05, 4.69) is 39.0 Å². The SMILES string of the molecule is Cc1ccc(C)c(CC(C)N2CC(C)C(F)(F)C2)c1. The van der Waals surface area contributed by atoms with Crippen LogP contribution in [0.25, 0.3) is 0 Å². The fraction of sp³-hybridized carbons (Fsp3) is 0.625. The summed E-state index contributed by atoms with van der Waals surface area (Å²) in [6.45, 7) is 8.25. The van der Waals surface area contributed by atoms with Crippen LogP contribution in [0.3, 0.4) is 0 Å². The third kappa shape index (κ3) is 3.14. The fourth-order valence-electron chi connectivity index (χ4n) is 2.78. The number of benzene rings is 1. The van der Waals surface area contributed by atoms with Gasteiger partial charge in [-0.2, -0.15) is 0 Å². The van der Waals surface area contributed by atoms with E-state index in [0.29, 0.717) is 6.54 Å². The molecule has 1 aliphatic heterocycles. The molecule has 1 aliphatic rings. The van der Waals surface area contributed by atoms with Gasteiger partial charge in [0.1, 0.15) is 0 Å². The van der Waals surface area contributed by atoms with Crippen molar-refractivity contribution in [2.45, 2.75) is 46.1 Å². The van der Waals surface area contributed by atoms with E-state index in [1.165, 1.54) is 16.7 Å². The van der Waals surface area contributed by atoms with Crippen LogP contribution >= 0.6 is 0 Å². The molecule has 0 saturated carbocycles. The van der Waals surface area contributed by atoms with Crippen LogP contribution < -0.4 is 0 Å². The summed E-state index contributed by atoms with van der Waals surface area (Å²) in [5, 5.41) is 0. The highest BCUT2D eigenvalue weighted by Crippen LogP contribution is 2.34. The molecule has 0 N–H and O–H groups in total. The molecule has 0 aromatic heterocycles. The largest absolute Gasteiger partial charge is 0.294 e. The molecule has 1 heterocycles. The molecule has 2 atom stereocenters. The summed E-state index contributed by atoms with van der Waals surface area (Å²) in [5.41, 5.74) is 3.75. The van der Waals surface area contributed by atoms with Gasteiger partial charge in [0.25, 0.3) is 5.92 Å². The van der Waals surface area contributed by atoms with Crippen molar-refractivity contribution < 1.29 is 8.78 Å². The predicted octanol–water partition coefficient (Wildman–Crippen LogP) is 3.82. The molecule has 1 aromatic rings. The highest BCUT2D eigenvalue weighted by molar-refractivity contribution is 5.31. The van der Waals surface area contributed by atoms with Crippen molar-refractivity contribution in [3.05, 3.63) is 34.9 Å². The summed E-state index contributed by atoms with van der Waals surface area (Å²) >= 11 is 0. The average Bonchev–Trinajstić information content (AvgIpc) is 2.59. The third-order valence-electron chi connectivity index (χ3n) is 4.29. The molecule has 1 aromatic carbocycles. The quantitative estimate of drug-likeness (QED) is 0.804. The topological polar surface area (TPSA) is 3.24 Å². The highest BCUT2D eigenvalue weighted by atomic mass is 19.3. The van der Waals surface area contributed by atoms with E-state index in [0.717, 1.165) is 6.42 Å². The lowest BCUT2D eigenvalue weighted by molar-refractivity contribution is -0.0228. The Bertz CT molecular complexity index is 456. The summed E-state index contributed by atoms with van der Waals surface area (Å²) in [6, 6.07) is 6.54. The highest BCUT2D eigenvalue weighted by Gasteiger charge is 2.46. The Kier molecular flexibility index (Phi) is 3.95. The maximum absolute atomic E-state index is 13.6. The van der Waals surface area contributed by atoms with E-state index in [1.807, 2.05) is 4.90 Å². The summed E-state index contributed by atoms with van der Waals surface area (Å²) < 4.78 is 27.2. The zero-order valence-electron chi connectivity index (χ0n) is 12.2. The van der Waals surface area contributed by atoms with Crippen molar-refractivity contribution in [2.75, 3.05) is 13.1 Å². The monoisotopic (exact) mass is 267 g/mol. The first-order chi connectivity index (χ1) is 8.79. The molecule has 0 spiro atoms. The first kappa shape index (κ1) is 14.4. The molecule has 19 heavy (non-hydrogen) atoms. The van der Waals surface area contributed by atoms with E-state index in [-0.39, 0.29) is 12.6 Å². The first-order valence-corrected chi connectivity index (χ1v) is 6.97. The molecule has 0 amide bonds. The van der Waals surface area contributed by atoms with E-state index in [9.17, 15) is 8.78 Å². The van der Waals surface area contributed by atoms with Crippen molar-refractivity contribution in [3.63, 3.8) is 0 Å². The van der Waals surface area contributed by atoms with Gasteiger partial charge in [0.15, 0.2) is 0 Å². The minimum absolute atomic E-state index is 0.0970. The van der Waals surface area contributed by atoms with E-state index in [1.54, 1.807) is 6.92 Å². The van der Waals surface area contributed by atoms with Gasteiger partial charge in [0.05, 0.1) is 6.54 Å². The van der Waals surface area contributed by atoms with Crippen LogP contribution in [-0.2, 0) is 6.42 Å². The standard InChI is InChI=1S/C16H23F2N/c1-11-5-6-12(2)15(7-11)8-14(4)19-9-13(3)16(17,18)10-19/h5-7,13-14H,8-10H2,1-4H3. The summed E-state index contributed by atoms with van der Waals surface area (Å²) in [6.07, 6.45) is 0.844. The lowest BCUT2D eigenvalue weighted by atomic mass is 9.99. The second-order valence-electron chi connectivity index (χ2n) is 6.07. The number of hydrogen-bond acceptors (Lipinski definition) is 1. The lowest BCUT2D eigenvalue weighted by Gasteiger charge is -2.24. The number of alkyl halides is 2. The van der Waals surface area contributed by atoms with Crippen LogP contribution in [0.4, 0.5) is 8.78 Å². The van der Waals surface area contributed by atoms with Crippen LogP contribution in [0, 0.1) is 19.8 Å². The summed E-state index contributed by atoms with van der Waals surface area (Å²) in [7, 11) is 0. The van der Waals surface area contributed by atoms with Gasteiger partial charge < -0.3 is 0 Å². The Balaban J connectivity index is 2.06. The number of rotatable bonds is 3. The second-order valence-corrected chi connectivity index (χ2v) is 6.07. The first-order valence-electron chi connectivity index (χ1n) is 6.97. The second kappa shape index (κ2) is 5.20. The van der Waals surface area contributed by atoms with Crippen LogP contribution in [0.2, 0.25) is 0 Å². The van der Waals surface area contributed by atoms with Crippen LogP contribution in [0.5, 0.6) is 0 Å². The Labute approximate surface area is 114 Å². The normalized spacial score (nSPS) is 24.6. The zero-order chi connectivity index (χ0) is 14.2. The van der Waals surface area contributed by atoms with Crippen LogP contribution in [0.1, 0.15) is 30.5 Å². The maximum atomic E-state index is 13.6. The lowest BCUT2D eigenvalue weighted by Crippen LogP contribution is -2.34. The minimum atomic E-state index is -2.53. The molecule has 0 bridgehead atoms. The molecule has 106 valence electrons. The average molecular weight is 267 g/mol. The molecule has 2 unspecified atom stereocenters. The van der Waals surface area contributed by atoms with Crippen LogP contribution in [-0.4, -0.2) is 30.0 Å². The number of halogens is 2. The summed E-state index contributed by atoms with van der Waals surface area (Å²) in [5.74, 6) is -3.07. The Hall–Kier alpha value is -0.960. The van der Waals surface area contributed by atoms with Gasteiger partial charge in [-0.15, -0.1) is 0 Å². The number of likely N-dealkylation sites (tertiary alicyclic amines) is 1. The van der Waals surface area contributed by atoms with Gasteiger partial charge in [-0.1, -0.05) is 30.7 Å². The van der Waals surface area contributed by atoms with Gasteiger partial charge >= 0.3 is 0 Å². The fourth-order valence-corrected chi connectivity index (χ4v) is 2.78. The van der Waals surface area contributed by atoms with Gasteiger partial charge in [-0.25, -0.2) is 8.78 Å². The van der Waals surface area contributed by atoms with E-state index < -0.39 is 11.8 Å². The zero-order valence-corrected chi connectivity index (χ0v) is 12.2. The molecule has 1 saturated heterocycles. The predicted molar refractivity (Wildman–Crippen MR) is 74.8 cm³/mol. The molecule has 0 aliphatic carbocycles. The Morgan fingerprint density at radius 2 is 2.05 bits per heavy atom. The van der Waals surface area contributed by atoms with E-state index in [4.69, 9.17) is 0 Å². The van der Waals surface area contributed by atoms with Crippen LogP contribution in [0.15, 0.2) is 18.2 Å². The number of nitrogens with zero attached hydrogens (tertiary/aromatic N) is 1. The maximum Gasteiger partial charge on any atom is 0.264 e. The van der Waals surface area contributed by atoms with Gasteiger partial charge in [-0.05, 0) is 38.3 Å². The van der Waals surface area contributed by atoms with Gasteiger partial charge in [0.2, 0.25) is 0 Å². The Morgan fingerprint density at radius 3 is 2.63 bits per heavy atom. The summed E-state index contributed by atoms with van der Waals surface area (Å²) in [4.78, 5) is 1.92. The van der Waals surface area contributed by atoms with Crippen molar-refractivity contribution >= 4 is 0 Å². The van der Waals surface area contributed by atoms with Crippen molar-refractivity contribution in [3.8, 4) is 0 Å². The smallest absolute Gasteiger partial charge is 0.264 e. The minimum Gasteiger partial charge on any atom is -0.294 e. The number of aryl methyl sites for hydroxylation is 2. The number of hydrogen-bond donors (Lipinski definition) is 0. The molecule has 2 rings (SSSR count). The van der Waals surface area contributed by atoms with Gasteiger partial charge in [-0.3, -0.25) is 4.90 Å². The molecule has 0 radical (unpaired) electrons. The van der Waals surface area contributed by atoms with E-state index >= 15 is 0 Å². The molecule has 3 heteroatoms. The molecule has 1 nitrogen and oxygen atoms in total. The third-order valence-corrected chi connectivity index (χ3v) is 4.29. The Morgan fingerprint density at radius 1 is 1.37 bits per heavy atom.